The van der Waals surface area contributed by atoms with Crippen LogP contribution in [0.4, 0.5) is 0 Å². The van der Waals surface area contributed by atoms with Gasteiger partial charge in [-0.3, -0.25) is 9.59 Å². The first-order valence-corrected chi connectivity index (χ1v) is 7.57. The zero-order chi connectivity index (χ0) is 13.8. The van der Waals surface area contributed by atoms with Crippen molar-refractivity contribution in [2.75, 3.05) is 6.54 Å². The van der Waals surface area contributed by atoms with E-state index in [1.165, 1.54) is 0 Å². The molecule has 2 atom stereocenters. The second kappa shape index (κ2) is 4.22. The van der Waals surface area contributed by atoms with E-state index in [4.69, 9.17) is 0 Å². The van der Waals surface area contributed by atoms with Crippen molar-refractivity contribution in [1.29, 1.82) is 0 Å². The van der Waals surface area contributed by atoms with E-state index in [2.05, 4.69) is 19.2 Å². The van der Waals surface area contributed by atoms with E-state index in [-0.39, 0.29) is 17.9 Å². The quantitative estimate of drug-likeness (QED) is 0.837. The largest absolute Gasteiger partial charge is 0.342 e. The van der Waals surface area contributed by atoms with Crippen LogP contribution in [0.5, 0.6) is 0 Å². The molecule has 2 saturated carbocycles. The van der Waals surface area contributed by atoms with Crippen LogP contribution in [-0.4, -0.2) is 34.8 Å². The van der Waals surface area contributed by atoms with Gasteiger partial charge in [0, 0.05) is 6.54 Å². The number of carbonyl (C=O) groups is 2. The molecule has 2 amide bonds. The van der Waals surface area contributed by atoms with Gasteiger partial charge in [0.1, 0.15) is 11.6 Å². The van der Waals surface area contributed by atoms with E-state index in [9.17, 15) is 9.59 Å². The lowest BCUT2D eigenvalue weighted by Crippen LogP contribution is -2.71. The van der Waals surface area contributed by atoms with Crippen molar-refractivity contribution in [3.8, 4) is 0 Å². The van der Waals surface area contributed by atoms with Gasteiger partial charge in [-0.05, 0) is 50.4 Å². The molecule has 4 heteroatoms. The van der Waals surface area contributed by atoms with E-state index in [0.29, 0.717) is 24.3 Å². The summed E-state index contributed by atoms with van der Waals surface area (Å²) in [5, 5.41) is 3.01. The van der Waals surface area contributed by atoms with Gasteiger partial charge in [-0.1, -0.05) is 13.8 Å². The minimum Gasteiger partial charge on any atom is -0.342 e. The first-order valence-electron chi connectivity index (χ1n) is 7.57. The minimum absolute atomic E-state index is 0.0761. The van der Waals surface area contributed by atoms with Gasteiger partial charge >= 0.3 is 0 Å². The molecule has 3 fully saturated rings. The molecule has 0 radical (unpaired) electrons. The first-order chi connectivity index (χ1) is 8.94. The Balaban J connectivity index is 1.89. The lowest BCUT2D eigenvalue weighted by atomic mass is 9.86. The summed E-state index contributed by atoms with van der Waals surface area (Å²) in [7, 11) is 0. The molecule has 3 rings (SSSR count). The summed E-state index contributed by atoms with van der Waals surface area (Å²) in [5.74, 6) is 1.37. The molecule has 1 saturated heterocycles. The summed E-state index contributed by atoms with van der Waals surface area (Å²) in [6.45, 7) is 6.88. The molecule has 0 spiro atoms. The average molecular weight is 264 g/mol. The molecule has 106 valence electrons. The number of hydrogen-bond donors (Lipinski definition) is 1. The average Bonchev–Trinajstić information content (AvgIpc) is 3.17. The Kier molecular flexibility index (Phi) is 2.88. The lowest BCUT2D eigenvalue weighted by molar-refractivity contribution is -0.159. The molecule has 2 unspecified atom stereocenters. The summed E-state index contributed by atoms with van der Waals surface area (Å²) in [5.41, 5.74) is -0.604. The molecule has 1 N–H and O–H groups in total. The van der Waals surface area contributed by atoms with Crippen LogP contribution >= 0.6 is 0 Å². The fourth-order valence-electron chi connectivity index (χ4n) is 3.31. The minimum atomic E-state index is -0.604. The van der Waals surface area contributed by atoms with Crippen molar-refractivity contribution in [1.82, 2.24) is 10.2 Å². The normalized spacial score (nSPS) is 35.8. The number of nitrogens with zero attached hydrogens (tertiary/aromatic N) is 1. The van der Waals surface area contributed by atoms with Crippen molar-refractivity contribution < 1.29 is 9.59 Å². The van der Waals surface area contributed by atoms with Gasteiger partial charge in [0.15, 0.2) is 0 Å². The Bertz CT molecular complexity index is 412. The highest BCUT2D eigenvalue weighted by Gasteiger charge is 2.58. The Hall–Kier alpha value is -1.06. The summed E-state index contributed by atoms with van der Waals surface area (Å²) >= 11 is 0. The Labute approximate surface area is 114 Å². The lowest BCUT2D eigenvalue weighted by Gasteiger charge is -2.47. The molecule has 0 bridgehead atoms. The standard InChI is InChI=1S/C15H24N2O2/c1-9(2)8-17-13(18)12(10-4-5-10)16-14(19)15(17,3)11-6-7-11/h9-12H,4-8H2,1-3H3,(H,16,19). The smallest absolute Gasteiger partial charge is 0.246 e. The molecule has 0 aromatic carbocycles. The number of nitrogens with one attached hydrogen (secondary N) is 1. The van der Waals surface area contributed by atoms with E-state index in [0.717, 1.165) is 25.7 Å². The van der Waals surface area contributed by atoms with Crippen molar-refractivity contribution in [2.45, 2.75) is 58.0 Å². The van der Waals surface area contributed by atoms with Crippen LogP contribution < -0.4 is 5.32 Å². The van der Waals surface area contributed by atoms with Gasteiger partial charge in [-0.25, -0.2) is 0 Å². The van der Waals surface area contributed by atoms with Gasteiger partial charge in [0.25, 0.3) is 0 Å². The third kappa shape index (κ3) is 2.05. The molecule has 1 heterocycles. The Morgan fingerprint density at radius 2 is 1.89 bits per heavy atom. The van der Waals surface area contributed by atoms with Crippen molar-refractivity contribution in [3.05, 3.63) is 0 Å². The molecule has 1 aliphatic heterocycles. The van der Waals surface area contributed by atoms with Crippen LogP contribution in [-0.2, 0) is 9.59 Å². The Morgan fingerprint density at radius 1 is 1.26 bits per heavy atom. The van der Waals surface area contributed by atoms with E-state index in [1.54, 1.807) is 0 Å². The van der Waals surface area contributed by atoms with Crippen LogP contribution in [0.15, 0.2) is 0 Å². The number of rotatable bonds is 4. The zero-order valence-electron chi connectivity index (χ0n) is 12.1. The van der Waals surface area contributed by atoms with E-state index in [1.807, 2.05) is 11.8 Å². The fourth-order valence-corrected chi connectivity index (χ4v) is 3.31. The van der Waals surface area contributed by atoms with Crippen molar-refractivity contribution in [3.63, 3.8) is 0 Å². The molecular weight excluding hydrogens is 240 g/mol. The molecule has 2 aliphatic carbocycles. The summed E-state index contributed by atoms with van der Waals surface area (Å²) in [6, 6.07) is -0.252. The van der Waals surface area contributed by atoms with E-state index < -0.39 is 5.54 Å². The highest BCUT2D eigenvalue weighted by Crippen LogP contribution is 2.46. The summed E-state index contributed by atoms with van der Waals surface area (Å²) in [6.07, 6.45) is 4.29. The SMILES string of the molecule is CC(C)CN1C(=O)C(C2CC2)NC(=O)C1(C)C1CC1. The summed E-state index contributed by atoms with van der Waals surface area (Å²) < 4.78 is 0. The number of carbonyl (C=O) groups excluding carboxylic acids is 2. The predicted molar refractivity (Wildman–Crippen MR) is 72.3 cm³/mol. The predicted octanol–water partition coefficient (Wildman–Crippen LogP) is 1.55. The van der Waals surface area contributed by atoms with Crippen LogP contribution in [0.3, 0.4) is 0 Å². The van der Waals surface area contributed by atoms with Crippen LogP contribution in [0, 0.1) is 17.8 Å². The van der Waals surface area contributed by atoms with Crippen LogP contribution in [0.1, 0.15) is 46.5 Å². The van der Waals surface area contributed by atoms with Crippen LogP contribution in [0.2, 0.25) is 0 Å². The molecule has 0 aromatic rings. The molecule has 3 aliphatic rings. The number of piperazine rings is 1. The number of amides is 2. The van der Waals surface area contributed by atoms with Gasteiger partial charge in [-0.15, -0.1) is 0 Å². The number of hydrogen-bond acceptors (Lipinski definition) is 2. The maximum absolute atomic E-state index is 12.7. The molecule has 4 nitrogen and oxygen atoms in total. The zero-order valence-corrected chi connectivity index (χ0v) is 12.1. The Morgan fingerprint density at radius 3 is 2.37 bits per heavy atom. The maximum Gasteiger partial charge on any atom is 0.246 e. The van der Waals surface area contributed by atoms with Gasteiger partial charge < -0.3 is 10.2 Å². The van der Waals surface area contributed by atoms with Crippen molar-refractivity contribution >= 4 is 11.8 Å². The fraction of sp³-hybridized carbons (Fsp3) is 0.867. The van der Waals surface area contributed by atoms with Crippen molar-refractivity contribution in [2.24, 2.45) is 17.8 Å². The van der Waals surface area contributed by atoms with Crippen LogP contribution in [0.25, 0.3) is 0 Å². The topological polar surface area (TPSA) is 49.4 Å². The first kappa shape index (κ1) is 12.9. The second-order valence-electron chi connectivity index (χ2n) is 7.05. The van der Waals surface area contributed by atoms with E-state index >= 15 is 0 Å². The van der Waals surface area contributed by atoms with Gasteiger partial charge in [-0.2, -0.15) is 0 Å². The molecule has 0 aromatic heterocycles. The van der Waals surface area contributed by atoms with Gasteiger partial charge in [0.2, 0.25) is 11.8 Å². The highest BCUT2D eigenvalue weighted by molar-refractivity contribution is 6.00. The monoisotopic (exact) mass is 264 g/mol. The second-order valence-corrected chi connectivity index (χ2v) is 7.05. The third-order valence-corrected chi connectivity index (χ3v) is 4.85. The third-order valence-electron chi connectivity index (χ3n) is 4.85. The maximum atomic E-state index is 12.7. The molecule has 19 heavy (non-hydrogen) atoms. The highest BCUT2D eigenvalue weighted by atomic mass is 16.2. The van der Waals surface area contributed by atoms with Gasteiger partial charge in [0.05, 0.1) is 0 Å². The molecular formula is C15H24N2O2. The summed E-state index contributed by atoms with van der Waals surface area (Å²) in [4.78, 5) is 27.2.